The van der Waals surface area contributed by atoms with E-state index in [1.165, 1.54) is 0 Å². The fraction of sp³-hybridized carbons (Fsp3) is 0. The van der Waals surface area contributed by atoms with Gasteiger partial charge in [-0.25, -0.2) is 0 Å². The number of rotatable bonds is 1. The topological polar surface area (TPSA) is 17.1 Å². The molecule has 1 aromatic rings. The molecule has 0 N–H and O–H groups in total. The molecular formula is C7H5ClOZr. The van der Waals surface area contributed by atoms with Gasteiger partial charge in [0.1, 0.15) is 0 Å². The Kier molecular flexibility index (Phi) is 4.84. The van der Waals surface area contributed by atoms with Gasteiger partial charge in [-0.3, -0.25) is 4.79 Å². The molecular weight excluding hydrogens is 227 g/mol. The quantitative estimate of drug-likeness (QED) is 0.677. The van der Waals surface area contributed by atoms with Crippen LogP contribution in [0, 0.1) is 0 Å². The van der Waals surface area contributed by atoms with E-state index in [1.807, 2.05) is 6.07 Å². The van der Waals surface area contributed by atoms with Crippen molar-refractivity contribution >= 4 is 16.8 Å². The zero-order chi connectivity index (χ0) is 6.69. The Morgan fingerprint density at radius 2 is 1.70 bits per heavy atom. The summed E-state index contributed by atoms with van der Waals surface area (Å²) in [4.78, 5) is 10.4. The first kappa shape index (κ1) is 10.1. The Morgan fingerprint density at radius 1 is 1.20 bits per heavy atom. The van der Waals surface area contributed by atoms with Gasteiger partial charge in [0.15, 0.2) is 0 Å². The van der Waals surface area contributed by atoms with Crippen LogP contribution in [0.5, 0.6) is 0 Å². The van der Waals surface area contributed by atoms with Crippen molar-refractivity contribution in [3.05, 3.63) is 35.9 Å². The van der Waals surface area contributed by atoms with Crippen LogP contribution in [0.3, 0.4) is 0 Å². The SMILES string of the molecule is O=C(Cl)c1ccccc1.[Zr]. The Balaban J connectivity index is 0.000000810. The molecule has 1 rings (SSSR count). The molecule has 0 saturated carbocycles. The van der Waals surface area contributed by atoms with E-state index in [0.717, 1.165) is 0 Å². The summed E-state index contributed by atoms with van der Waals surface area (Å²) in [5, 5.41) is -0.407. The normalized spacial score (nSPS) is 8.10. The number of hydrogen-bond donors (Lipinski definition) is 0. The van der Waals surface area contributed by atoms with E-state index in [1.54, 1.807) is 24.3 Å². The molecule has 1 nitrogen and oxygen atoms in total. The Morgan fingerprint density at radius 3 is 2.00 bits per heavy atom. The first-order valence-corrected chi connectivity index (χ1v) is 2.93. The van der Waals surface area contributed by atoms with Crippen molar-refractivity contribution in [1.82, 2.24) is 0 Å². The van der Waals surface area contributed by atoms with Crippen molar-refractivity contribution in [3.63, 3.8) is 0 Å². The van der Waals surface area contributed by atoms with Crippen molar-refractivity contribution in [1.29, 1.82) is 0 Å². The maximum atomic E-state index is 10.4. The molecule has 50 valence electrons. The minimum atomic E-state index is -0.407. The first-order chi connectivity index (χ1) is 4.30. The largest absolute Gasteiger partial charge is 0.276 e. The third-order valence-corrected chi connectivity index (χ3v) is 1.22. The standard InChI is InChI=1S/C7H5ClO.Zr/c8-7(9)6-4-2-1-3-5-6;/h1-5H;. The summed E-state index contributed by atoms with van der Waals surface area (Å²) in [7, 11) is 0. The van der Waals surface area contributed by atoms with Gasteiger partial charge in [-0.1, -0.05) is 30.3 Å². The summed E-state index contributed by atoms with van der Waals surface area (Å²) in [5.74, 6) is 0. The van der Waals surface area contributed by atoms with Crippen molar-refractivity contribution in [3.8, 4) is 0 Å². The van der Waals surface area contributed by atoms with Gasteiger partial charge < -0.3 is 0 Å². The van der Waals surface area contributed by atoms with Gasteiger partial charge in [0.05, 0.1) is 0 Å². The molecule has 0 amide bonds. The minimum absolute atomic E-state index is 0. The average molecular weight is 232 g/mol. The predicted molar refractivity (Wildman–Crippen MR) is 36.6 cm³/mol. The maximum absolute atomic E-state index is 10.4. The fourth-order valence-electron chi connectivity index (χ4n) is 0.569. The number of hydrogen-bond acceptors (Lipinski definition) is 1. The van der Waals surface area contributed by atoms with Crippen LogP contribution in [0.2, 0.25) is 0 Å². The molecule has 0 unspecified atom stereocenters. The van der Waals surface area contributed by atoms with E-state index in [9.17, 15) is 4.79 Å². The molecule has 1 aromatic carbocycles. The number of benzene rings is 1. The van der Waals surface area contributed by atoms with Gasteiger partial charge in [0.2, 0.25) is 0 Å². The van der Waals surface area contributed by atoms with Gasteiger partial charge >= 0.3 is 0 Å². The Labute approximate surface area is 83.5 Å². The van der Waals surface area contributed by atoms with Crippen molar-refractivity contribution in [2.24, 2.45) is 0 Å². The van der Waals surface area contributed by atoms with E-state index in [2.05, 4.69) is 0 Å². The van der Waals surface area contributed by atoms with Crippen LogP contribution in [0.1, 0.15) is 10.4 Å². The Hall–Kier alpha value is 0.0631. The number of carbonyl (C=O) groups is 1. The zero-order valence-electron chi connectivity index (χ0n) is 5.17. The molecule has 0 aromatic heterocycles. The maximum Gasteiger partial charge on any atom is 0.252 e. The second kappa shape index (κ2) is 4.81. The second-order valence-corrected chi connectivity index (χ2v) is 1.98. The molecule has 0 fully saturated rings. The van der Waals surface area contributed by atoms with E-state index < -0.39 is 5.24 Å². The van der Waals surface area contributed by atoms with E-state index in [0.29, 0.717) is 5.56 Å². The van der Waals surface area contributed by atoms with Crippen LogP contribution in [0.25, 0.3) is 0 Å². The summed E-state index contributed by atoms with van der Waals surface area (Å²) in [6, 6.07) is 8.74. The monoisotopic (exact) mass is 230 g/mol. The molecule has 0 bridgehead atoms. The molecule has 0 radical (unpaired) electrons. The molecule has 0 saturated heterocycles. The van der Waals surface area contributed by atoms with Crippen LogP contribution < -0.4 is 0 Å². The predicted octanol–water partition coefficient (Wildman–Crippen LogP) is 2.06. The van der Waals surface area contributed by atoms with Crippen LogP contribution in [0.4, 0.5) is 0 Å². The molecule has 0 aliphatic heterocycles. The smallest absolute Gasteiger partial charge is 0.252 e. The summed E-state index contributed by atoms with van der Waals surface area (Å²) < 4.78 is 0. The minimum Gasteiger partial charge on any atom is -0.276 e. The summed E-state index contributed by atoms with van der Waals surface area (Å²) in [5.41, 5.74) is 0.541. The molecule has 0 aliphatic rings. The molecule has 0 heterocycles. The van der Waals surface area contributed by atoms with Gasteiger partial charge in [0.25, 0.3) is 5.24 Å². The number of halogens is 1. The Bertz CT molecular complexity index is 210. The van der Waals surface area contributed by atoms with Crippen molar-refractivity contribution in [2.45, 2.75) is 0 Å². The van der Waals surface area contributed by atoms with Crippen molar-refractivity contribution in [2.75, 3.05) is 0 Å². The molecule has 0 spiro atoms. The van der Waals surface area contributed by atoms with E-state index in [-0.39, 0.29) is 26.2 Å². The molecule has 3 heteroatoms. The summed E-state index contributed by atoms with van der Waals surface area (Å²) >= 11 is 5.16. The fourth-order valence-corrected chi connectivity index (χ4v) is 0.695. The van der Waals surface area contributed by atoms with Gasteiger partial charge in [-0.15, -0.1) is 0 Å². The second-order valence-electron chi connectivity index (χ2n) is 1.64. The van der Waals surface area contributed by atoms with Crippen LogP contribution >= 0.6 is 11.6 Å². The van der Waals surface area contributed by atoms with E-state index in [4.69, 9.17) is 11.6 Å². The van der Waals surface area contributed by atoms with Crippen LogP contribution in [-0.2, 0) is 26.2 Å². The molecule has 10 heavy (non-hydrogen) atoms. The van der Waals surface area contributed by atoms with Gasteiger partial charge in [-0.05, 0) is 11.6 Å². The third-order valence-electron chi connectivity index (χ3n) is 1.00. The first-order valence-electron chi connectivity index (χ1n) is 2.55. The van der Waals surface area contributed by atoms with E-state index >= 15 is 0 Å². The van der Waals surface area contributed by atoms with Crippen LogP contribution in [-0.4, -0.2) is 5.24 Å². The van der Waals surface area contributed by atoms with Gasteiger partial charge in [0, 0.05) is 31.8 Å². The third kappa shape index (κ3) is 2.76. The molecule has 0 aliphatic carbocycles. The van der Waals surface area contributed by atoms with Gasteiger partial charge in [-0.2, -0.15) is 0 Å². The summed E-state index contributed by atoms with van der Waals surface area (Å²) in [6.07, 6.45) is 0. The molecule has 0 atom stereocenters. The zero-order valence-corrected chi connectivity index (χ0v) is 8.39. The number of carbonyl (C=O) groups excluding carboxylic acids is 1. The average Bonchev–Trinajstić information content (AvgIpc) is 1.90. The summed E-state index contributed by atoms with van der Waals surface area (Å²) in [6.45, 7) is 0. The van der Waals surface area contributed by atoms with Crippen molar-refractivity contribution < 1.29 is 31.0 Å². The van der Waals surface area contributed by atoms with Crippen LogP contribution in [0.15, 0.2) is 30.3 Å².